The Bertz CT molecular complexity index is 339. The van der Waals surface area contributed by atoms with Gasteiger partial charge in [0.1, 0.15) is 11.5 Å². The summed E-state index contributed by atoms with van der Waals surface area (Å²) in [4.78, 5) is 0. The molecule has 0 bridgehead atoms. The van der Waals surface area contributed by atoms with Gasteiger partial charge in [0.15, 0.2) is 0 Å². The summed E-state index contributed by atoms with van der Waals surface area (Å²) in [6.07, 6.45) is 2.38. The fraction of sp³-hybridized carbons (Fsp3) is 0.571. The van der Waals surface area contributed by atoms with Crippen LogP contribution in [0.1, 0.15) is 32.3 Å². The highest BCUT2D eigenvalue weighted by atomic mass is 35.5. The van der Waals surface area contributed by atoms with Crippen LogP contribution in [0.15, 0.2) is 18.2 Å². The minimum Gasteiger partial charge on any atom is -0.497 e. The molecule has 1 aromatic carbocycles. The fourth-order valence-corrected chi connectivity index (χ4v) is 1.95. The lowest BCUT2D eigenvalue weighted by molar-refractivity contribution is 0.249. The number of rotatable bonds is 7. The van der Waals surface area contributed by atoms with E-state index >= 15 is 0 Å². The van der Waals surface area contributed by atoms with Crippen molar-refractivity contribution >= 4 is 11.6 Å². The molecule has 3 heteroatoms. The van der Waals surface area contributed by atoms with Crippen LogP contribution in [0, 0.1) is 5.92 Å². The molecule has 1 unspecified atom stereocenters. The molecule has 96 valence electrons. The van der Waals surface area contributed by atoms with E-state index in [1.54, 1.807) is 7.11 Å². The maximum absolute atomic E-state index is 5.90. The number of hydrogen-bond donors (Lipinski definition) is 0. The van der Waals surface area contributed by atoms with Gasteiger partial charge in [-0.15, -0.1) is 11.6 Å². The molecule has 0 aromatic heterocycles. The van der Waals surface area contributed by atoms with Crippen molar-refractivity contribution in [3.05, 3.63) is 23.8 Å². The van der Waals surface area contributed by atoms with E-state index < -0.39 is 0 Å². The topological polar surface area (TPSA) is 18.5 Å². The first-order chi connectivity index (χ1) is 8.21. The lowest BCUT2D eigenvalue weighted by Crippen LogP contribution is -2.09. The van der Waals surface area contributed by atoms with Gasteiger partial charge in [-0.25, -0.2) is 0 Å². The first-order valence-electron chi connectivity index (χ1n) is 6.06. The largest absolute Gasteiger partial charge is 0.497 e. The molecule has 17 heavy (non-hydrogen) atoms. The van der Waals surface area contributed by atoms with Gasteiger partial charge in [0, 0.05) is 5.56 Å². The third-order valence-corrected chi connectivity index (χ3v) is 3.00. The predicted molar refractivity (Wildman–Crippen MR) is 72.1 cm³/mol. The second-order valence-corrected chi connectivity index (χ2v) is 4.58. The van der Waals surface area contributed by atoms with E-state index in [0.29, 0.717) is 11.8 Å². The van der Waals surface area contributed by atoms with Crippen molar-refractivity contribution in [2.45, 2.75) is 32.6 Å². The third-order valence-electron chi connectivity index (χ3n) is 2.72. The molecule has 0 fully saturated rings. The van der Waals surface area contributed by atoms with Gasteiger partial charge in [0.2, 0.25) is 0 Å². The van der Waals surface area contributed by atoms with Crippen LogP contribution >= 0.6 is 11.6 Å². The second kappa shape index (κ2) is 7.44. The van der Waals surface area contributed by atoms with Gasteiger partial charge in [-0.3, -0.25) is 0 Å². The van der Waals surface area contributed by atoms with E-state index in [2.05, 4.69) is 13.8 Å². The summed E-state index contributed by atoms with van der Waals surface area (Å²) in [7, 11) is 1.65. The Labute approximate surface area is 109 Å². The highest BCUT2D eigenvalue weighted by Gasteiger charge is 2.07. The summed E-state index contributed by atoms with van der Waals surface area (Å²) >= 11 is 5.90. The van der Waals surface area contributed by atoms with Crippen LogP contribution < -0.4 is 9.47 Å². The molecular formula is C14H21ClO2. The normalized spacial score (nSPS) is 12.2. The molecule has 0 aliphatic rings. The highest BCUT2D eigenvalue weighted by Crippen LogP contribution is 2.26. The van der Waals surface area contributed by atoms with Gasteiger partial charge >= 0.3 is 0 Å². The van der Waals surface area contributed by atoms with E-state index in [0.717, 1.165) is 23.7 Å². The summed E-state index contributed by atoms with van der Waals surface area (Å²) < 4.78 is 11.0. The molecule has 0 spiro atoms. The van der Waals surface area contributed by atoms with Gasteiger partial charge < -0.3 is 9.47 Å². The number of ether oxygens (including phenoxy) is 2. The van der Waals surface area contributed by atoms with Crippen molar-refractivity contribution in [3.63, 3.8) is 0 Å². The molecule has 0 heterocycles. The van der Waals surface area contributed by atoms with E-state index in [4.69, 9.17) is 21.1 Å². The zero-order valence-corrected chi connectivity index (χ0v) is 11.6. The monoisotopic (exact) mass is 256 g/mol. The number of methoxy groups -OCH3 is 1. The van der Waals surface area contributed by atoms with Crippen LogP contribution in [0.5, 0.6) is 11.5 Å². The molecule has 0 saturated carbocycles. The summed E-state index contributed by atoms with van der Waals surface area (Å²) in [5, 5.41) is 0. The Morgan fingerprint density at radius 3 is 2.71 bits per heavy atom. The number of benzene rings is 1. The van der Waals surface area contributed by atoms with Crippen LogP contribution in [0.4, 0.5) is 0 Å². The van der Waals surface area contributed by atoms with Crippen molar-refractivity contribution in [2.24, 2.45) is 5.92 Å². The minimum absolute atomic E-state index is 0.439. The summed E-state index contributed by atoms with van der Waals surface area (Å²) in [6.45, 7) is 5.13. The molecule has 0 aliphatic carbocycles. The Morgan fingerprint density at radius 2 is 2.12 bits per heavy atom. The van der Waals surface area contributed by atoms with Gasteiger partial charge in [0.25, 0.3) is 0 Å². The van der Waals surface area contributed by atoms with Crippen molar-refractivity contribution in [2.75, 3.05) is 13.7 Å². The molecule has 0 aliphatic heterocycles. The van der Waals surface area contributed by atoms with Crippen LogP contribution in [0.25, 0.3) is 0 Å². The van der Waals surface area contributed by atoms with Crippen LogP contribution in [0.2, 0.25) is 0 Å². The average Bonchev–Trinajstić information content (AvgIpc) is 2.36. The van der Waals surface area contributed by atoms with Crippen LogP contribution in [-0.2, 0) is 5.88 Å². The predicted octanol–water partition coefficient (Wildman–Crippen LogP) is 4.25. The van der Waals surface area contributed by atoms with E-state index in [1.807, 2.05) is 18.2 Å². The van der Waals surface area contributed by atoms with Crippen molar-refractivity contribution in [1.29, 1.82) is 0 Å². The number of hydrogen-bond acceptors (Lipinski definition) is 2. The minimum atomic E-state index is 0.439. The Hall–Kier alpha value is -0.890. The van der Waals surface area contributed by atoms with Gasteiger partial charge in [-0.1, -0.05) is 20.3 Å². The second-order valence-electron chi connectivity index (χ2n) is 4.31. The zero-order valence-electron chi connectivity index (χ0n) is 10.8. The number of alkyl halides is 1. The van der Waals surface area contributed by atoms with Crippen LogP contribution in [0.3, 0.4) is 0 Å². The van der Waals surface area contributed by atoms with Crippen molar-refractivity contribution in [1.82, 2.24) is 0 Å². The molecule has 0 saturated heterocycles. The molecule has 1 aromatic rings. The maximum atomic E-state index is 5.90. The summed E-state index contributed by atoms with van der Waals surface area (Å²) in [6, 6.07) is 5.75. The Morgan fingerprint density at radius 1 is 1.35 bits per heavy atom. The van der Waals surface area contributed by atoms with Crippen molar-refractivity contribution in [3.8, 4) is 11.5 Å². The van der Waals surface area contributed by atoms with E-state index in [-0.39, 0.29) is 0 Å². The molecule has 0 N–H and O–H groups in total. The summed E-state index contributed by atoms with van der Waals surface area (Å²) in [5.41, 5.74) is 0.981. The Kier molecular flexibility index (Phi) is 6.20. The quantitative estimate of drug-likeness (QED) is 0.679. The van der Waals surface area contributed by atoms with Crippen LogP contribution in [-0.4, -0.2) is 13.7 Å². The maximum Gasteiger partial charge on any atom is 0.123 e. The fourth-order valence-electron chi connectivity index (χ4n) is 1.74. The molecular weight excluding hydrogens is 236 g/mol. The van der Waals surface area contributed by atoms with Gasteiger partial charge in [-0.05, 0) is 30.5 Å². The number of halogens is 1. The van der Waals surface area contributed by atoms with Gasteiger partial charge in [-0.2, -0.15) is 0 Å². The zero-order chi connectivity index (χ0) is 12.7. The first kappa shape index (κ1) is 14.2. The molecule has 2 nitrogen and oxygen atoms in total. The Balaban J connectivity index is 2.63. The molecule has 0 amide bonds. The van der Waals surface area contributed by atoms with Gasteiger partial charge in [0.05, 0.1) is 19.6 Å². The van der Waals surface area contributed by atoms with Crippen molar-refractivity contribution < 1.29 is 9.47 Å². The standard InChI is InChI=1S/C14H21ClO2/c1-4-5-11(2)10-17-14-7-6-13(16-3)8-12(14)9-15/h6-8,11H,4-5,9-10H2,1-3H3. The first-order valence-corrected chi connectivity index (χ1v) is 6.60. The smallest absolute Gasteiger partial charge is 0.123 e. The molecule has 1 atom stereocenters. The SMILES string of the molecule is CCCC(C)COc1ccc(OC)cc1CCl. The lowest BCUT2D eigenvalue weighted by atomic mass is 10.1. The van der Waals surface area contributed by atoms with E-state index in [9.17, 15) is 0 Å². The highest BCUT2D eigenvalue weighted by molar-refractivity contribution is 6.17. The lowest BCUT2D eigenvalue weighted by Gasteiger charge is -2.15. The third kappa shape index (κ3) is 4.47. The average molecular weight is 257 g/mol. The molecule has 0 radical (unpaired) electrons. The summed E-state index contributed by atoms with van der Waals surface area (Å²) in [5.74, 6) is 2.69. The van der Waals surface area contributed by atoms with E-state index in [1.165, 1.54) is 12.8 Å². The molecule has 1 rings (SSSR count).